The van der Waals surface area contributed by atoms with Crippen LogP contribution in [0.4, 0.5) is 0 Å². The number of hydrogen-bond donors (Lipinski definition) is 1. The van der Waals surface area contributed by atoms with Gasteiger partial charge in [0.1, 0.15) is 0 Å². The van der Waals surface area contributed by atoms with E-state index in [2.05, 4.69) is 17.4 Å². The quantitative estimate of drug-likeness (QED) is 0.907. The third-order valence-electron chi connectivity index (χ3n) is 2.94. The smallest absolute Gasteiger partial charge is 0.229 e. The highest BCUT2D eigenvalue weighted by Crippen LogP contribution is 2.35. The van der Waals surface area contributed by atoms with Gasteiger partial charge in [0, 0.05) is 12.1 Å². The van der Waals surface area contributed by atoms with Gasteiger partial charge in [-0.15, -0.1) is 11.8 Å². The molecule has 0 bridgehead atoms. The van der Waals surface area contributed by atoms with Crippen molar-refractivity contribution in [3.63, 3.8) is 0 Å². The van der Waals surface area contributed by atoms with Gasteiger partial charge in [-0.1, -0.05) is 54.1 Å². The zero-order valence-corrected chi connectivity index (χ0v) is 12.7. The number of rotatable bonds is 5. The molecule has 0 saturated carbocycles. The molecular formula is C16H16ClNOS. The van der Waals surface area contributed by atoms with Gasteiger partial charge in [0.15, 0.2) is 0 Å². The molecule has 4 heteroatoms. The first kappa shape index (κ1) is 14.9. The number of thioether (sulfide) groups is 1. The Labute approximate surface area is 128 Å². The summed E-state index contributed by atoms with van der Waals surface area (Å²) in [5.74, 6) is 0.462. The molecule has 0 aliphatic rings. The van der Waals surface area contributed by atoms with Gasteiger partial charge in [0.2, 0.25) is 5.91 Å². The van der Waals surface area contributed by atoms with Crippen molar-refractivity contribution in [1.29, 1.82) is 0 Å². The zero-order valence-electron chi connectivity index (χ0n) is 11.2. The highest BCUT2D eigenvalue weighted by atomic mass is 35.5. The Kier molecular flexibility index (Phi) is 5.50. The van der Waals surface area contributed by atoms with E-state index in [-0.39, 0.29) is 11.2 Å². The molecule has 104 valence electrons. The van der Waals surface area contributed by atoms with Crippen LogP contribution < -0.4 is 5.32 Å². The molecule has 20 heavy (non-hydrogen) atoms. The van der Waals surface area contributed by atoms with Crippen molar-refractivity contribution in [1.82, 2.24) is 5.32 Å². The summed E-state index contributed by atoms with van der Waals surface area (Å²) < 4.78 is 0. The van der Waals surface area contributed by atoms with Crippen LogP contribution in [0.5, 0.6) is 0 Å². The Hall–Kier alpha value is -1.45. The molecule has 1 N–H and O–H groups in total. The first-order valence-corrected chi connectivity index (χ1v) is 7.76. The Balaban J connectivity index is 2.24. The molecule has 0 spiro atoms. The summed E-state index contributed by atoms with van der Waals surface area (Å²) in [6.45, 7) is 0. The van der Waals surface area contributed by atoms with Gasteiger partial charge in [-0.05, 0) is 23.3 Å². The van der Waals surface area contributed by atoms with E-state index in [1.165, 1.54) is 5.56 Å². The van der Waals surface area contributed by atoms with Crippen molar-refractivity contribution >= 4 is 29.3 Å². The summed E-state index contributed by atoms with van der Waals surface area (Å²) in [4.78, 5) is 11.5. The van der Waals surface area contributed by atoms with E-state index in [0.717, 1.165) is 10.6 Å². The summed E-state index contributed by atoms with van der Waals surface area (Å²) >= 11 is 7.55. The van der Waals surface area contributed by atoms with Crippen LogP contribution >= 0.6 is 23.4 Å². The third kappa shape index (κ3) is 4.02. The van der Waals surface area contributed by atoms with E-state index < -0.39 is 0 Å². The van der Waals surface area contributed by atoms with Crippen LogP contribution in [0.1, 0.15) is 16.4 Å². The van der Waals surface area contributed by atoms with E-state index >= 15 is 0 Å². The van der Waals surface area contributed by atoms with Crippen molar-refractivity contribution in [2.75, 3.05) is 12.8 Å². The number of halogens is 1. The van der Waals surface area contributed by atoms with Crippen molar-refractivity contribution in [2.24, 2.45) is 0 Å². The summed E-state index contributed by atoms with van der Waals surface area (Å²) in [5.41, 5.74) is 2.33. The molecule has 2 aromatic rings. The van der Waals surface area contributed by atoms with Gasteiger partial charge in [0.05, 0.1) is 11.0 Å². The lowest BCUT2D eigenvalue weighted by molar-refractivity contribution is -0.118. The lowest BCUT2D eigenvalue weighted by Crippen LogP contribution is -2.20. The van der Waals surface area contributed by atoms with Crippen LogP contribution in [0.3, 0.4) is 0 Å². The fourth-order valence-corrected chi connectivity index (χ4v) is 3.17. The fourth-order valence-electron chi connectivity index (χ4n) is 1.88. The SMILES string of the molecule is CNC(=O)CSC(c1ccccc1)c1ccc(Cl)cc1. The standard InChI is InChI=1S/C16H16ClNOS/c1-18-15(19)11-20-16(12-5-3-2-4-6-12)13-7-9-14(17)10-8-13/h2-10,16H,11H2,1H3,(H,18,19). The van der Waals surface area contributed by atoms with Crippen LogP contribution in [0, 0.1) is 0 Å². The minimum Gasteiger partial charge on any atom is -0.358 e. The monoisotopic (exact) mass is 305 g/mol. The molecule has 2 aromatic carbocycles. The average Bonchev–Trinajstić information content (AvgIpc) is 2.50. The maximum absolute atomic E-state index is 11.5. The summed E-state index contributed by atoms with van der Waals surface area (Å²) in [6, 6.07) is 18.0. The van der Waals surface area contributed by atoms with E-state index in [4.69, 9.17) is 11.6 Å². The second-order valence-corrected chi connectivity index (χ2v) is 5.86. The van der Waals surface area contributed by atoms with Gasteiger partial charge >= 0.3 is 0 Å². The first-order valence-electron chi connectivity index (χ1n) is 6.33. The molecule has 2 rings (SSSR count). The minimum atomic E-state index is 0.0323. The van der Waals surface area contributed by atoms with Crippen molar-refractivity contribution < 1.29 is 4.79 Å². The molecule has 0 aliphatic carbocycles. The summed E-state index contributed by atoms with van der Waals surface area (Å²) in [7, 11) is 1.66. The highest BCUT2D eigenvalue weighted by molar-refractivity contribution is 8.00. The number of hydrogen-bond acceptors (Lipinski definition) is 2. The molecule has 1 amide bonds. The molecule has 0 fully saturated rings. The van der Waals surface area contributed by atoms with Crippen LogP contribution in [0.25, 0.3) is 0 Å². The van der Waals surface area contributed by atoms with Crippen LogP contribution in [0.2, 0.25) is 5.02 Å². The molecular weight excluding hydrogens is 290 g/mol. The van der Waals surface area contributed by atoms with E-state index in [9.17, 15) is 4.79 Å². The molecule has 1 atom stereocenters. The maximum Gasteiger partial charge on any atom is 0.229 e. The summed E-state index contributed by atoms with van der Waals surface area (Å²) in [5, 5.41) is 3.50. The third-order valence-corrected chi connectivity index (χ3v) is 4.49. The molecule has 0 radical (unpaired) electrons. The molecule has 0 heterocycles. The largest absolute Gasteiger partial charge is 0.358 e. The Morgan fingerprint density at radius 3 is 2.30 bits per heavy atom. The van der Waals surface area contributed by atoms with Crippen molar-refractivity contribution in [3.05, 3.63) is 70.7 Å². The van der Waals surface area contributed by atoms with E-state index in [1.807, 2.05) is 42.5 Å². The number of amides is 1. The number of carbonyl (C=O) groups is 1. The predicted molar refractivity (Wildman–Crippen MR) is 86.3 cm³/mol. The molecule has 1 unspecified atom stereocenters. The first-order chi connectivity index (χ1) is 9.70. The Morgan fingerprint density at radius 1 is 1.10 bits per heavy atom. The predicted octanol–water partition coefficient (Wildman–Crippen LogP) is 3.91. The normalized spacial score (nSPS) is 11.9. The molecule has 0 aromatic heterocycles. The van der Waals surface area contributed by atoms with Gasteiger partial charge in [-0.25, -0.2) is 0 Å². The van der Waals surface area contributed by atoms with Crippen LogP contribution in [-0.4, -0.2) is 18.7 Å². The average molecular weight is 306 g/mol. The number of nitrogens with one attached hydrogen (secondary N) is 1. The topological polar surface area (TPSA) is 29.1 Å². The lowest BCUT2D eigenvalue weighted by atomic mass is 10.0. The van der Waals surface area contributed by atoms with Gasteiger partial charge in [-0.3, -0.25) is 4.79 Å². The van der Waals surface area contributed by atoms with Gasteiger partial charge in [-0.2, -0.15) is 0 Å². The minimum absolute atomic E-state index is 0.0323. The highest BCUT2D eigenvalue weighted by Gasteiger charge is 2.15. The molecule has 2 nitrogen and oxygen atoms in total. The lowest BCUT2D eigenvalue weighted by Gasteiger charge is -2.17. The van der Waals surface area contributed by atoms with Crippen molar-refractivity contribution in [3.8, 4) is 0 Å². The zero-order chi connectivity index (χ0) is 14.4. The maximum atomic E-state index is 11.5. The number of carbonyl (C=O) groups excluding carboxylic acids is 1. The van der Waals surface area contributed by atoms with Crippen molar-refractivity contribution in [2.45, 2.75) is 5.25 Å². The second kappa shape index (κ2) is 7.36. The van der Waals surface area contributed by atoms with Gasteiger partial charge < -0.3 is 5.32 Å². The van der Waals surface area contributed by atoms with Crippen LogP contribution in [0.15, 0.2) is 54.6 Å². The fraction of sp³-hybridized carbons (Fsp3) is 0.188. The van der Waals surface area contributed by atoms with E-state index in [0.29, 0.717) is 5.75 Å². The Morgan fingerprint density at radius 2 is 1.70 bits per heavy atom. The van der Waals surface area contributed by atoms with Gasteiger partial charge in [0.25, 0.3) is 0 Å². The number of benzene rings is 2. The molecule has 0 aliphatic heterocycles. The van der Waals surface area contributed by atoms with E-state index in [1.54, 1.807) is 18.8 Å². The summed E-state index contributed by atoms with van der Waals surface area (Å²) in [6.07, 6.45) is 0. The van der Waals surface area contributed by atoms with Crippen LogP contribution in [-0.2, 0) is 4.79 Å². The molecule has 0 saturated heterocycles. The Bertz CT molecular complexity index is 556. The second-order valence-electron chi connectivity index (χ2n) is 4.33.